The second-order valence-corrected chi connectivity index (χ2v) is 11.0. The number of likely N-dealkylation sites (tertiary alicyclic amines) is 2. The third-order valence-corrected chi connectivity index (χ3v) is 8.55. The average molecular weight is 572 g/mol. The fraction of sp³-hybridized carbons (Fsp3) is 0.484. The Bertz CT molecular complexity index is 1420. The van der Waals surface area contributed by atoms with Crippen molar-refractivity contribution in [1.29, 1.82) is 0 Å². The highest BCUT2D eigenvalue weighted by atomic mass is 19.4. The second kappa shape index (κ2) is 11.7. The van der Waals surface area contributed by atoms with E-state index in [2.05, 4.69) is 4.98 Å². The molecule has 0 radical (unpaired) electrons. The fourth-order valence-electron chi connectivity index (χ4n) is 6.27. The largest absolute Gasteiger partial charge is 0.493 e. The molecule has 0 aliphatic carbocycles. The monoisotopic (exact) mass is 571 g/mol. The van der Waals surface area contributed by atoms with Crippen LogP contribution < -0.4 is 9.47 Å². The first kappa shape index (κ1) is 28.8. The number of H-pyrrole nitrogens is 1. The van der Waals surface area contributed by atoms with Crippen LogP contribution in [0.25, 0.3) is 22.2 Å². The van der Waals surface area contributed by atoms with E-state index < -0.39 is 12.6 Å². The number of aromatic nitrogens is 1. The number of carbonyl (C=O) groups is 2. The molecule has 41 heavy (non-hydrogen) atoms. The summed E-state index contributed by atoms with van der Waals surface area (Å²) in [7, 11) is 3.00. The molecule has 2 fully saturated rings. The molecule has 2 amide bonds. The number of alkyl halides is 3. The number of halogens is 3. The number of fused-ring (bicyclic) bond motifs is 1. The standard InChI is InChI=1S/C31H36F3N3O4/c1-19(38)36-12-10-21(11-13-36)30(39)37-14-8-20(9-15-37)22-4-6-26-24(16-22)25(18-31(32,33)34)29(35-26)23-5-7-27(40-2)28(17-23)41-3/h4-7,16-17,20-21,35H,8-15,18H2,1-3H3. The van der Waals surface area contributed by atoms with E-state index in [0.717, 1.165) is 18.4 Å². The molecule has 3 aromatic rings. The van der Waals surface area contributed by atoms with Crippen LogP contribution in [-0.2, 0) is 16.0 Å². The first-order chi connectivity index (χ1) is 19.6. The topological polar surface area (TPSA) is 74.9 Å². The molecule has 0 unspecified atom stereocenters. The molecule has 0 atom stereocenters. The number of hydrogen-bond acceptors (Lipinski definition) is 4. The smallest absolute Gasteiger partial charge is 0.393 e. The van der Waals surface area contributed by atoms with Crippen LogP contribution in [0, 0.1) is 5.92 Å². The molecule has 0 bridgehead atoms. The van der Waals surface area contributed by atoms with Gasteiger partial charge in [-0.15, -0.1) is 0 Å². The van der Waals surface area contributed by atoms with Gasteiger partial charge >= 0.3 is 6.18 Å². The lowest BCUT2D eigenvalue weighted by Gasteiger charge is -2.37. The van der Waals surface area contributed by atoms with Crippen molar-refractivity contribution in [2.75, 3.05) is 40.4 Å². The van der Waals surface area contributed by atoms with Gasteiger partial charge in [0.15, 0.2) is 11.5 Å². The molecule has 0 spiro atoms. The molecular weight excluding hydrogens is 535 g/mol. The molecule has 0 saturated carbocycles. The van der Waals surface area contributed by atoms with Gasteiger partial charge in [0.05, 0.1) is 26.3 Å². The van der Waals surface area contributed by atoms with Gasteiger partial charge in [-0.25, -0.2) is 0 Å². The summed E-state index contributed by atoms with van der Waals surface area (Å²) >= 11 is 0. The lowest BCUT2D eigenvalue weighted by atomic mass is 9.87. The van der Waals surface area contributed by atoms with Gasteiger partial charge in [0, 0.05) is 55.5 Å². The van der Waals surface area contributed by atoms with Crippen LogP contribution in [-0.4, -0.2) is 73.2 Å². The predicted octanol–water partition coefficient (Wildman–Crippen LogP) is 5.92. The van der Waals surface area contributed by atoms with Gasteiger partial charge in [-0.1, -0.05) is 6.07 Å². The summed E-state index contributed by atoms with van der Waals surface area (Å²) in [5.41, 5.74) is 2.82. The van der Waals surface area contributed by atoms with Crippen LogP contribution in [0.15, 0.2) is 36.4 Å². The molecule has 2 saturated heterocycles. The van der Waals surface area contributed by atoms with Crippen LogP contribution in [0.1, 0.15) is 49.7 Å². The summed E-state index contributed by atoms with van der Waals surface area (Å²) in [5.74, 6) is 1.23. The molecular formula is C31H36F3N3O4. The normalized spacial score (nSPS) is 17.2. The van der Waals surface area contributed by atoms with Crippen LogP contribution in [0.4, 0.5) is 13.2 Å². The van der Waals surface area contributed by atoms with E-state index in [1.165, 1.54) is 14.2 Å². The first-order valence-electron chi connectivity index (χ1n) is 14.1. The van der Waals surface area contributed by atoms with E-state index in [1.54, 1.807) is 30.0 Å². The number of aromatic amines is 1. The van der Waals surface area contributed by atoms with Crippen molar-refractivity contribution in [3.63, 3.8) is 0 Å². The Kier molecular flexibility index (Phi) is 8.20. The molecule has 1 aromatic heterocycles. The quantitative estimate of drug-likeness (QED) is 0.399. The summed E-state index contributed by atoms with van der Waals surface area (Å²) in [5, 5.41) is 0.556. The lowest BCUT2D eigenvalue weighted by molar-refractivity contribution is -0.140. The van der Waals surface area contributed by atoms with E-state index in [9.17, 15) is 22.8 Å². The zero-order chi connectivity index (χ0) is 29.3. The van der Waals surface area contributed by atoms with Crippen LogP contribution in [0.2, 0.25) is 0 Å². The second-order valence-electron chi connectivity index (χ2n) is 11.0. The van der Waals surface area contributed by atoms with E-state index in [0.29, 0.717) is 72.7 Å². The van der Waals surface area contributed by atoms with E-state index in [-0.39, 0.29) is 29.2 Å². The Morgan fingerprint density at radius 2 is 1.56 bits per heavy atom. The fourth-order valence-corrected chi connectivity index (χ4v) is 6.27. The van der Waals surface area contributed by atoms with Crippen molar-refractivity contribution in [1.82, 2.24) is 14.8 Å². The SMILES string of the molecule is COc1ccc(-c2[nH]c3ccc(C4CCN(C(=O)C5CCN(C(C)=O)CC5)CC4)cc3c2CC(F)(F)F)cc1OC. The van der Waals surface area contributed by atoms with Gasteiger partial charge in [0.2, 0.25) is 11.8 Å². The maximum atomic E-state index is 13.8. The minimum Gasteiger partial charge on any atom is -0.493 e. The van der Waals surface area contributed by atoms with Crippen LogP contribution >= 0.6 is 0 Å². The Hall–Kier alpha value is -3.69. The number of piperidine rings is 2. The molecule has 2 aliphatic rings. The average Bonchev–Trinajstić information content (AvgIpc) is 3.32. The highest BCUT2D eigenvalue weighted by molar-refractivity contribution is 5.92. The van der Waals surface area contributed by atoms with Crippen molar-refractivity contribution in [2.24, 2.45) is 5.92 Å². The number of nitrogens with zero attached hydrogens (tertiary/aromatic N) is 2. The minimum atomic E-state index is -4.39. The number of nitrogens with one attached hydrogen (secondary N) is 1. The van der Waals surface area contributed by atoms with Crippen LogP contribution in [0.3, 0.4) is 0 Å². The molecule has 1 N–H and O–H groups in total. The van der Waals surface area contributed by atoms with E-state index in [4.69, 9.17) is 9.47 Å². The summed E-state index contributed by atoms with van der Waals surface area (Å²) in [4.78, 5) is 31.7. The number of hydrogen-bond donors (Lipinski definition) is 1. The Balaban J connectivity index is 1.36. The van der Waals surface area contributed by atoms with Gasteiger partial charge in [0.25, 0.3) is 0 Å². The van der Waals surface area contributed by atoms with E-state index >= 15 is 0 Å². The molecule has 3 heterocycles. The molecule has 7 nitrogen and oxygen atoms in total. The van der Waals surface area contributed by atoms with Gasteiger partial charge in [0.1, 0.15) is 0 Å². The Morgan fingerprint density at radius 1 is 0.902 bits per heavy atom. The van der Waals surface area contributed by atoms with Gasteiger partial charge < -0.3 is 24.3 Å². The molecule has 10 heteroatoms. The third-order valence-electron chi connectivity index (χ3n) is 8.55. The third kappa shape index (κ3) is 6.16. The number of benzene rings is 2. The molecule has 2 aromatic carbocycles. The summed E-state index contributed by atoms with van der Waals surface area (Å²) in [6, 6.07) is 10.8. The summed E-state index contributed by atoms with van der Waals surface area (Å²) in [6.07, 6.45) is -2.56. The Morgan fingerprint density at radius 3 is 2.17 bits per heavy atom. The number of rotatable bonds is 6. The van der Waals surface area contributed by atoms with Crippen molar-refractivity contribution in [3.8, 4) is 22.8 Å². The predicted molar refractivity (Wildman–Crippen MR) is 150 cm³/mol. The number of methoxy groups -OCH3 is 2. The Labute approximate surface area is 237 Å². The van der Waals surface area contributed by atoms with Crippen molar-refractivity contribution in [2.45, 2.75) is 51.1 Å². The zero-order valence-electron chi connectivity index (χ0n) is 23.6. The molecule has 5 rings (SSSR count). The number of amides is 2. The summed E-state index contributed by atoms with van der Waals surface area (Å²) < 4.78 is 52.0. The number of carbonyl (C=O) groups excluding carboxylic acids is 2. The maximum absolute atomic E-state index is 13.8. The van der Waals surface area contributed by atoms with Gasteiger partial charge in [-0.2, -0.15) is 13.2 Å². The van der Waals surface area contributed by atoms with Crippen molar-refractivity contribution in [3.05, 3.63) is 47.5 Å². The molecule has 2 aliphatic heterocycles. The highest BCUT2D eigenvalue weighted by Gasteiger charge is 2.33. The first-order valence-corrected chi connectivity index (χ1v) is 14.1. The van der Waals surface area contributed by atoms with Crippen molar-refractivity contribution < 1.29 is 32.2 Å². The van der Waals surface area contributed by atoms with Gasteiger partial charge in [-0.3, -0.25) is 9.59 Å². The minimum absolute atomic E-state index is 0.0466. The zero-order valence-corrected chi connectivity index (χ0v) is 23.6. The highest BCUT2D eigenvalue weighted by Crippen LogP contribution is 2.40. The van der Waals surface area contributed by atoms with E-state index in [1.807, 2.05) is 23.1 Å². The van der Waals surface area contributed by atoms with Gasteiger partial charge in [-0.05, 0) is 73.1 Å². The number of ether oxygens (including phenoxy) is 2. The molecule has 220 valence electrons. The van der Waals surface area contributed by atoms with Crippen molar-refractivity contribution >= 4 is 22.7 Å². The summed E-state index contributed by atoms with van der Waals surface area (Å²) in [6.45, 7) is 4.03. The lowest BCUT2D eigenvalue weighted by Crippen LogP contribution is -2.46. The van der Waals surface area contributed by atoms with Crippen LogP contribution in [0.5, 0.6) is 11.5 Å². The maximum Gasteiger partial charge on any atom is 0.393 e.